The summed E-state index contributed by atoms with van der Waals surface area (Å²) in [5.41, 5.74) is 6.17. The van der Waals surface area contributed by atoms with Crippen LogP contribution in [0.25, 0.3) is 5.70 Å². The molecule has 2 aliphatic heterocycles. The molecule has 0 bridgehead atoms. The molecule has 1 saturated heterocycles. The number of nitrogens with zero attached hydrogens (tertiary/aromatic N) is 4. The molecule has 11 heteroatoms. The fraction of sp³-hybridized carbons (Fsp3) is 0.389. The molecule has 1 amide bonds. The number of ether oxygens (including phenoxy) is 2. The van der Waals surface area contributed by atoms with Gasteiger partial charge >= 0.3 is 6.16 Å². The Bertz CT molecular complexity index is 1600. The van der Waals surface area contributed by atoms with Crippen LogP contribution in [0.5, 0.6) is 0 Å². The molecule has 5 rings (SSSR count). The van der Waals surface area contributed by atoms with Gasteiger partial charge in [0.1, 0.15) is 6.10 Å². The van der Waals surface area contributed by atoms with Crippen molar-refractivity contribution in [2.75, 3.05) is 50.6 Å². The summed E-state index contributed by atoms with van der Waals surface area (Å²) in [4.78, 5) is 36.4. The lowest BCUT2D eigenvalue weighted by Crippen LogP contribution is -2.58. The normalized spacial score (nSPS) is 19.6. The lowest BCUT2D eigenvalue weighted by Gasteiger charge is -2.41. The summed E-state index contributed by atoms with van der Waals surface area (Å²) in [6.07, 6.45) is 7.27. The van der Waals surface area contributed by atoms with E-state index in [1.165, 1.54) is 0 Å². The summed E-state index contributed by atoms with van der Waals surface area (Å²) >= 11 is 0. The Balaban J connectivity index is 1.12. The Labute approximate surface area is 277 Å². The Morgan fingerprint density at radius 2 is 1.89 bits per heavy atom. The molecule has 0 aliphatic carbocycles. The summed E-state index contributed by atoms with van der Waals surface area (Å²) in [5, 5.41) is 10.00. The topological polar surface area (TPSA) is 117 Å². The maximum atomic E-state index is 13.2. The van der Waals surface area contributed by atoms with E-state index in [1.807, 2.05) is 94.6 Å². The third-order valence-electron chi connectivity index (χ3n) is 8.70. The van der Waals surface area contributed by atoms with Crippen LogP contribution in [-0.4, -0.2) is 84.5 Å². The molecule has 3 aromatic rings. The zero-order valence-corrected chi connectivity index (χ0v) is 28.0. The smallest absolute Gasteiger partial charge is 0.431 e. The molecule has 1 aromatic heterocycles. The molecule has 2 unspecified atom stereocenters. The lowest BCUT2D eigenvalue weighted by atomic mass is 10.1. The maximum absolute atomic E-state index is 13.2. The number of rotatable bonds is 11. The second-order valence-corrected chi connectivity index (χ2v) is 12.8. The van der Waals surface area contributed by atoms with Crippen molar-refractivity contribution in [1.29, 1.82) is 0 Å². The van der Waals surface area contributed by atoms with Crippen LogP contribution in [0.3, 0.4) is 0 Å². The molecule has 0 radical (unpaired) electrons. The minimum Gasteiger partial charge on any atom is -0.431 e. The van der Waals surface area contributed by atoms with Crippen molar-refractivity contribution in [3.63, 3.8) is 0 Å². The Kier molecular flexibility index (Phi) is 10.6. The second kappa shape index (κ2) is 14.8. The fourth-order valence-electron chi connectivity index (χ4n) is 5.44. The van der Waals surface area contributed by atoms with Crippen LogP contribution in [0, 0.1) is 6.92 Å². The van der Waals surface area contributed by atoms with Gasteiger partial charge < -0.3 is 25.4 Å². The highest BCUT2D eigenvalue weighted by Crippen LogP contribution is 2.27. The van der Waals surface area contributed by atoms with E-state index in [0.717, 1.165) is 67.2 Å². The summed E-state index contributed by atoms with van der Waals surface area (Å²) in [6.45, 7) is 12.4. The SMILES string of the molecule is CCC(C)OC(=O)OC[N+]1(C)CCN(Cc2ccc(C(=O)Nc3ccc(C)c(NC4(C)N=CC=C(c5cccnc5)N4)c3)cc2)CC1. The second-order valence-electron chi connectivity index (χ2n) is 12.8. The van der Waals surface area contributed by atoms with E-state index < -0.39 is 11.9 Å². The molecule has 1 fully saturated rings. The van der Waals surface area contributed by atoms with Gasteiger partial charge in [0, 0.05) is 66.4 Å². The molecule has 0 saturated carbocycles. The van der Waals surface area contributed by atoms with Gasteiger partial charge in [-0.15, -0.1) is 0 Å². The predicted octanol–water partition coefficient (Wildman–Crippen LogP) is 5.61. The largest absolute Gasteiger partial charge is 0.512 e. The number of amides is 1. The first-order chi connectivity index (χ1) is 22.5. The number of aliphatic imine (C=N–C) groups is 1. The van der Waals surface area contributed by atoms with Gasteiger partial charge in [0.15, 0.2) is 0 Å². The Hall–Kier alpha value is -4.74. The zero-order valence-electron chi connectivity index (χ0n) is 28.0. The number of hydrogen-bond donors (Lipinski definition) is 3. The van der Waals surface area contributed by atoms with Crippen molar-refractivity contribution in [2.24, 2.45) is 4.99 Å². The first-order valence-corrected chi connectivity index (χ1v) is 16.2. The third kappa shape index (κ3) is 9.17. The number of nitrogens with one attached hydrogen (secondary N) is 3. The van der Waals surface area contributed by atoms with Crippen molar-refractivity contribution < 1.29 is 23.5 Å². The highest BCUT2D eigenvalue weighted by Gasteiger charge is 2.31. The van der Waals surface area contributed by atoms with E-state index in [-0.39, 0.29) is 12.0 Å². The summed E-state index contributed by atoms with van der Waals surface area (Å²) in [7, 11) is 2.10. The van der Waals surface area contributed by atoms with Gasteiger partial charge in [-0.05, 0) is 80.8 Å². The molecule has 11 nitrogen and oxygen atoms in total. The predicted molar refractivity (Wildman–Crippen MR) is 185 cm³/mol. The Morgan fingerprint density at radius 1 is 1.13 bits per heavy atom. The van der Waals surface area contributed by atoms with Crippen molar-refractivity contribution >= 4 is 35.3 Å². The third-order valence-corrected chi connectivity index (χ3v) is 8.70. The van der Waals surface area contributed by atoms with Crippen molar-refractivity contribution in [3.8, 4) is 0 Å². The molecule has 2 atom stereocenters. The lowest BCUT2D eigenvalue weighted by molar-refractivity contribution is -0.929. The van der Waals surface area contributed by atoms with E-state index in [2.05, 4.69) is 37.9 Å². The monoisotopic (exact) mass is 640 g/mol. The molecular formula is C36H46N7O4+. The number of anilines is 2. The number of likely N-dealkylation sites (N-methyl/N-ethyl adjacent to an activating group) is 1. The van der Waals surface area contributed by atoms with Gasteiger partial charge in [-0.25, -0.2) is 9.79 Å². The molecule has 47 heavy (non-hydrogen) atoms. The number of carbonyl (C=O) groups excluding carboxylic acids is 2. The fourth-order valence-corrected chi connectivity index (χ4v) is 5.44. The number of aromatic nitrogens is 1. The molecule has 0 spiro atoms. The minimum absolute atomic E-state index is 0.144. The van der Waals surface area contributed by atoms with Crippen molar-refractivity contribution in [1.82, 2.24) is 15.2 Å². The molecule has 3 heterocycles. The van der Waals surface area contributed by atoms with Crippen LogP contribution in [0.2, 0.25) is 0 Å². The quantitative estimate of drug-likeness (QED) is 0.183. The zero-order chi connectivity index (χ0) is 33.4. The van der Waals surface area contributed by atoms with Crippen LogP contribution in [-0.2, 0) is 16.0 Å². The first kappa shape index (κ1) is 33.6. The van der Waals surface area contributed by atoms with Crippen LogP contribution in [0.15, 0.2) is 78.1 Å². The van der Waals surface area contributed by atoms with Gasteiger partial charge in [0.25, 0.3) is 5.91 Å². The standard InChI is InChI=1S/C36H45N7O4/c1-6-27(3)47-35(45)46-25-43(5)20-18-42(19-21-43)24-28-10-12-29(13-11-28)34(44)39-31-14-9-26(2)33(22-31)41-36(4)38-17-15-32(40-36)30-8-7-16-37-23-30/h7-17,22-23,27,41H,6,18-21,24-25H2,1-5H3,(H-,38,39,40,44)/p+1. The number of aryl methyl sites for hydroxylation is 1. The van der Waals surface area contributed by atoms with Crippen molar-refractivity contribution in [2.45, 2.75) is 52.6 Å². The number of piperazine rings is 1. The molecule has 248 valence electrons. The summed E-state index contributed by atoms with van der Waals surface area (Å²) < 4.78 is 11.3. The summed E-state index contributed by atoms with van der Waals surface area (Å²) in [6, 6.07) is 17.4. The van der Waals surface area contributed by atoms with E-state index >= 15 is 0 Å². The van der Waals surface area contributed by atoms with E-state index in [9.17, 15) is 9.59 Å². The van der Waals surface area contributed by atoms with Gasteiger partial charge in [-0.1, -0.05) is 25.1 Å². The van der Waals surface area contributed by atoms with Crippen LogP contribution >= 0.6 is 0 Å². The first-order valence-electron chi connectivity index (χ1n) is 16.2. The Morgan fingerprint density at radius 3 is 2.60 bits per heavy atom. The maximum Gasteiger partial charge on any atom is 0.512 e. The van der Waals surface area contributed by atoms with Crippen LogP contribution < -0.4 is 16.0 Å². The average Bonchev–Trinajstić information content (AvgIpc) is 3.07. The highest BCUT2D eigenvalue weighted by atomic mass is 16.7. The average molecular weight is 641 g/mol. The van der Waals surface area contributed by atoms with E-state index in [1.54, 1.807) is 12.4 Å². The number of allylic oxidation sites excluding steroid dienone is 1. The van der Waals surface area contributed by atoms with Gasteiger partial charge in [0.2, 0.25) is 12.5 Å². The van der Waals surface area contributed by atoms with Gasteiger partial charge in [-0.3, -0.25) is 19.2 Å². The molecule has 2 aromatic carbocycles. The van der Waals surface area contributed by atoms with Crippen LogP contribution in [0.1, 0.15) is 54.2 Å². The van der Waals surface area contributed by atoms with E-state index in [0.29, 0.717) is 22.5 Å². The minimum atomic E-state index is -0.788. The number of pyridine rings is 1. The molecule has 3 N–H and O–H groups in total. The van der Waals surface area contributed by atoms with Crippen LogP contribution in [0.4, 0.5) is 16.2 Å². The number of hydrogen-bond acceptors (Lipinski definition) is 9. The number of quaternary nitrogens is 1. The molecular weight excluding hydrogens is 594 g/mol. The summed E-state index contributed by atoms with van der Waals surface area (Å²) in [5.74, 6) is -0.963. The highest BCUT2D eigenvalue weighted by molar-refractivity contribution is 6.04. The van der Waals surface area contributed by atoms with Gasteiger partial charge in [0.05, 0.1) is 20.1 Å². The van der Waals surface area contributed by atoms with E-state index in [4.69, 9.17) is 9.47 Å². The molecule has 2 aliphatic rings. The number of benzene rings is 2. The van der Waals surface area contributed by atoms with Crippen molar-refractivity contribution in [3.05, 3.63) is 95.3 Å². The van der Waals surface area contributed by atoms with Gasteiger partial charge in [-0.2, -0.15) is 0 Å². The number of carbonyl (C=O) groups is 2.